The first kappa shape index (κ1) is 22.9. The predicted octanol–water partition coefficient (Wildman–Crippen LogP) is 6.01. The Kier molecular flexibility index (Phi) is 6.70. The maximum absolute atomic E-state index is 4.61. The van der Waals surface area contributed by atoms with Gasteiger partial charge in [-0.25, -0.2) is 19.9 Å². The van der Waals surface area contributed by atoms with Gasteiger partial charge in [0, 0.05) is 24.8 Å². The number of hydrogen-bond acceptors (Lipinski definition) is 4. The Morgan fingerprint density at radius 1 is 0.700 bits per heavy atom. The molecule has 3 rings (SSSR count). The third-order valence-electron chi connectivity index (χ3n) is 5.23. The van der Waals surface area contributed by atoms with Crippen LogP contribution in [0, 0.1) is 0 Å². The van der Waals surface area contributed by atoms with E-state index in [9.17, 15) is 0 Å². The van der Waals surface area contributed by atoms with Crippen molar-refractivity contribution < 1.29 is 0 Å². The van der Waals surface area contributed by atoms with E-state index in [2.05, 4.69) is 95.0 Å². The van der Waals surface area contributed by atoms with E-state index < -0.39 is 5.16 Å². The summed E-state index contributed by atoms with van der Waals surface area (Å²) in [5, 5.41) is -0.247. The SMILES string of the molecule is CC(C)(C)P(Cc1ccccc1C(P)(c1ncccn1)c1ncccn1)C(C)(C)C. The average Bonchev–Trinajstić information content (AvgIpc) is 2.71. The van der Waals surface area contributed by atoms with Crippen LogP contribution in [-0.4, -0.2) is 30.2 Å². The highest BCUT2D eigenvalue weighted by Gasteiger charge is 2.41. The standard InChI is InChI=1S/C24H32N4P2/c1-22(2,3)30(23(4,5)6)17-18-11-7-8-12-19(18)24(29,20-25-13-9-14-26-20)21-27-15-10-16-28-21/h7-16H,17,29H2,1-6H3. The van der Waals surface area contributed by atoms with Gasteiger partial charge in [-0.3, -0.25) is 0 Å². The maximum Gasteiger partial charge on any atom is 0.150 e. The van der Waals surface area contributed by atoms with Crippen LogP contribution in [-0.2, 0) is 11.3 Å². The van der Waals surface area contributed by atoms with E-state index >= 15 is 0 Å². The average molecular weight is 438 g/mol. The Hall–Kier alpha value is -1.76. The molecule has 0 amide bonds. The van der Waals surface area contributed by atoms with Crippen LogP contribution in [0.5, 0.6) is 0 Å². The van der Waals surface area contributed by atoms with Crippen LogP contribution >= 0.6 is 17.2 Å². The van der Waals surface area contributed by atoms with Crippen LogP contribution in [0.3, 0.4) is 0 Å². The lowest BCUT2D eigenvalue weighted by Crippen LogP contribution is -2.30. The second-order valence-corrected chi connectivity index (χ2v) is 14.3. The van der Waals surface area contributed by atoms with Crippen molar-refractivity contribution in [2.45, 2.75) is 63.2 Å². The number of nitrogens with zero attached hydrogens (tertiary/aromatic N) is 4. The van der Waals surface area contributed by atoms with Crippen LogP contribution in [0.1, 0.15) is 64.3 Å². The first-order valence-electron chi connectivity index (χ1n) is 10.2. The van der Waals surface area contributed by atoms with Crippen molar-refractivity contribution in [3.63, 3.8) is 0 Å². The molecule has 0 fully saturated rings. The summed E-state index contributed by atoms with van der Waals surface area (Å²) >= 11 is 0. The summed E-state index contributed by atoms with van der Waals surface area (Å²) < 4.78 is 0. The van der Waals surface area contributed by atoms with Gasteiger partial charge in [0.15, 0.2) is 0 Å². The van der Waals surface area contributed by atoms with E-state index in [1.54, 1.807) is 24.8 Å². The van der Waals surface area contributed by atoms with E-state index in [1.165, 1.54) is 5.56 Å². The largest absolute Gasteiger partial charge is 0.240 e. The van der Waals surface area contributed by atoms with E-state index in [1.807, 2.05) is 12.1 Å². The first-order chi connectivity index (χ1) is 14.0. The molecule has 0 spiro atoms. The molecule has 6 heteroatoms. The molecular formula is C24H32N4P2. The zero-order valence-corrected chi connectivity index (χ0v) is 20.8. The first-order valence-corrected chi connectivity index (χ1v) is 12.3. The van der Waals surface area contributed by atoms with Crippen molar-refractivity contribution in [3.05, 3.63) is 84.0 Å². The molecule has 1 atom stereocenters. The van der Waals surface area contributed by atoms with E-state index in [0.717, 1.165) is 11.7 Å². The molecule has 30 heavy (non-hydrogen) atoms. The molecule has 0 saturated carbocycles. The quantitative estimate of drug-likeness (QED) is 0.458. The smallest absolute Gasteiger partial charge is 0.150 e. The van der Waals surface area contributed by atoms with Gasteiger partial charge in [-0.05, 0) is 39.7 Å². The van der Waals surface area contributed by atoms with Crippen LogP contribution in [0.25, 0.3) is 0 Å². The molecular weight excluding hydrogens is 406 g/mol. The summed E-state index contributed by atoms with van der Waals surface area (Å²) in [6.45, 7) is 14.2. The minimum Gasteiger partial charge on any atom is -0.240 e. The lowest BCUT2D eigenvalue weighted by Gasteiger charge is -2.42. The molecule has 1 unspecified atom stereocenters. The number of benzene rings is 1. The second kappa shape index (κ2) is 8.77. The Labute approximate surface area is 184 Å². The monoisotopic (exact) mass is 438 g/mol. The molecule has 0 bridgehead atoms. The molecule has 158 valence electrons. The second-order valence-electron chi connectivity index (χ2n) is 9.54. The third-order valence-corrected chi connectivity index (χ3v) is 9.95. The fourth-order valence-electron chi connectivity index (χ4n) is 4.04. The maximum atomic E-state index is 4.61. The molecule has 3 aromatic rings. The molecule has 0 aliphatic carbocycles. The lowest BCUT2D eigenvalue weighted by atomic mass is 9.91. The van der Waals surface area contributed by atoms with Gasteiger partial charge in [0.25, 0.3) is 0 Å². The van der Waals surface area contributed by atoms with E-state index in [-0.39, 0.29) is 18.2 Å². The predicted molar refractivity (Wildman–Crippen MR) is 130 cm³/mol. The zero-order valence-electron chi connectivity index (χ0n) is 18.8. The Morgan fingerprint density at radius 3 is 1.57 bits per heavy atom. The zero-order chi connectivity index (χ0) is 22.0. The van der Waals surface area contributed by atoms with Crippen molar-refractivity contribution in [1.29, 1.82) is 0 Å². The van der Waals surface area contributed by atoms with Crippen molar-refractivity contribution in [1.82, 2.24) is 19.9 Å². The summed E-state index contributed by atoms with van der Waals surface area (Å²) in [5.74, 6) is 1.37. The summed E-state index contributed by atoms with van der Waals surface area (Å²) in [6, 6.07) is 12.3. The summed E-state index contributed by atoms with van der Waals surface area (Å²) in [7, 11) is 2.66. The molecule has 0 radical (unpaired) electrons. The van der Waals surface area contributed by atoms with Gasteiger partial charge in [-0.2, -0.15) is 0 Å². The van der Waals surface area contributed by atoms with Gasteiger partial charge >= 0.3 is 0 Å². The molecule has 4 nitrogen and oxygen atoms in total. The summed E-state index contributed by atoms with van der Waals surface area (Å²) in [6.07, 6.45) is 8.15. The van der Waals surface area contributed by atoms with E-state index in [4.69, 9.17) is 0 Å². The van der Waals surface area contributed by atoms with Gasteiger partial charge in [0.05, 0.1) is 0 Å². The van der Waals surface area contributed by atoms with Crippen molar-refractivity contribution in [2.75, 3.05) is 0 Å². The van der Waals surface area contributed by atoms with Crippen LogP contribution in [0.15, 0.2) is 61.2 Å². The fraction of sp³-hybridized carbons (Fsp3) is 0.417. The fourth-order valence-corrected chi connectivity index (χ4v) is 8.20. The highest BCUT2D eigenvalue weighted by Crippen LogP contribution is 2.62. The minimum absolute atomic E-state index is 0.233. The van der Waals surface area contributed by atoms with Crippen molar-refractivity contribution in [2.24, 2.45) is 0 Å². The van der Waals surface area contributed by atoms with Crippen LogP contribution in [0.2, 0.25) is 0 Å². The van der Waals surface area contributed by atoms with Crippen LogP contribution in [0.4, 0.5) is 0 Å². The Bertz CT molecular complexity index is 910. The topological polar surface area (TPSA) is 51.6 Å². The van der Waals surface area contributed by atoms with Gasteiger partial charge in [-0.1, -0.05) is 73.7 Å². The molecule has 0 N–H and O–H groups in total. The van der Waals surface area contributed by atoms with Gasteiger partial charge in [0.2, 0.25) is 0 Å². The van der Waals surface area contributed by atoms with E-state index in [0.29, 0.717) is 11.6 Å². The summed E-state index contributed by atoms with van der Waals surface area (Å²) in [5.41, 5.74) is 2.46. The molecule has 0 aliphatic heterocycles. The Morgan fingerprint density at radius 2 is 1.13 bits per heavy atom. The molecule has 2 heterocycles. The van der Waals surface area contributed by atoms with Crippen molar-refractivity contribution in [3.8, 4) is 0 Å². The summed E-state index contributed by atoms with van der Waals surface area (Å²) in [4.78, 5) is 18.5. The normalized spacial score (nSPS) is 12.9. The number of aromatic nitrogens is 4. The lowest BCUT2D eigenvalue weighted by molar-refractivity contribution is 0.698. The van der Waals surface area contributed by atoms with Crippen LogP contribution < -0.4 is 0 Å². The van der Waals surface area contributed by atoms with Crippen molar-refractivity contribution >= 4 is 17.2 Å². The third kappa shape index (κ3) is 4.76. The van der Waals surface area contributed by atoms with Gasteiger partial charge in [0.1, 0.15) is 16.8 Å². The minimum atomic E-state index is -0.712. The molecule has 0 saturated heterocycles. The highest BCUT2D eigenvalue weighted by atomic mass is 31.1. The molecule has 1 aromatic carbocycles. The van der Waals surface area contributed by atoms with Gasteiger partial charge < -0.3 is 0 Å². The molecule has 0 aliphatic rings. The number of hydrogen-bond donors (Lipinski definition) is 0. The molecule has 2 aromatic heterocycles. The van der Waals surface area contributed by atoms with Gasteiger partial charge in [-0.15, -0.1) is 9.24 Å². The Balaban J connectivity index is 2.20. The highest BCUT2D eigenvalue weighted by molar-refractivity contribution is 7.60. The number of rotatable bonds is 5.